The van der Waals surface area contributed by atoms with Gasteiger partial charge in [0.1, 0.15) is 5.01 Å². The molecular formula is C14H15N3O3S. The van der Waals surface area contributed by atoms with Crippen LogP contribution < -0.4 is 10.6 Å². The summed E-state index contributed by atoms with van der Waals surface area (Å²) in [5.41, 5.74) is 0.754. The Bertz CT molecular complexity index is 587. The van der Waals surface area contributed by atoms with Crippen LogP contribution in [0.3, 0.4) is 0 Å². The van der Waals surface area contributed by atoms with E-state index in [4.69, 9.17) is 5.11 Å². The molecule has 0 aliphatic carbocycles. The van der Waals surface area contributed by atoms with E-state index < -0.39 is 18.0 Å². The number of urea groups is 1. The zero-order valence-corrected chi connectivity index (χ0v) is 12.0. The average Bonchev–Trinajstić information content (AvgIpc) is 2.98. The molecule has 7 heteroatoms. The maximum Gasteiger partial charge on any atom is 0.315 e. The first-order chi connectivity index (χ1) is 10.1. The maximum absolute atomic E-state index is 11.9. The Morgan fingerprint density at radius 1 is 1.29 bits per heavy atom. The molecule has 0 aliphatic rings. The van der Waals surface area contributed by atoms with Gasteiger partial charge in [0.05, 0.1) is 19.0 Å². The number of amides is 2. The number of carboxylic acids is 1. The van der Waals surface area contributed by atoms with E-state index in [2.05, 4.69) is 15.6 Å². The lowest BCUT2D eigenvalue weighted by Crippen LogP contribution is -2.38. The fourth-order valence-electron chi connectivity index (χ4n) is 1.82. The minimum atomic E-state index is -0.968. The molecule has 110 valence electrons. The minimum Gasteiger partial charge on any atom is -0.481 e. The van der Waals surface area contributed by atoms with Gasteiger partial charge in [-0.1, -0.05) is 30.3 Å². The lowest BCUT2D eigenvalue weighted by atomic mass is 10.0. The Labute approximate surface area is 125 Å². The van der Waals surface area contributed by atoms with E-state index in [9.17, 15) is 9.59 Å². The van der Waals surface area contributed by atoms with E-state index in [1.807, 2.05) is 11.4 Å². The highest BCUT2D eigenvalue weighted by molar-refractivity contribution is 7.09. The third-order valence-electron chi connectivity index (χ3n) is 2.77. The number of hydrogen-bond donors (Lipinski definition) is 3. The molecule has 3 N–H and O–H groups in total. The average molecular weight is 305 g/mol. The highest BCUT2D eigenvalue weighted by atomic mass is 32.1. The van der Waals surface area contributed by atoms with Crippen LogP contribution in [0.5, 0.6) is 0 Å². The molecule has 0 bridgehead atoms. The van der Waals surface area contributed by atoms with Crippen LogP contribution in [0.15, 0.2) is 41.9 Å². The molecule has 2 amide bonds. The van der Waals surface area contributed by atoms with Crippen molar-refractivity contribution in [2.24, 2.45) is 0 Å². The second-order valence-corrected chi connectivity index (χ2v) is 5.29. The largest absolute Gasteiger partial charge is 0.481 e. The molecule has 0 spiro atoms. The summed E-state index contributed by atoms with van der Waals surface area (Å²) < 4.78 is 0. The smallest absolute Gasteiger partial charge is 0.315 e. The first-order valence-electron chi connectivity index (χ1n) is 6.34. The van der Waals surface area contributed by atoms with Gasteiger partial charge >= 0.3 is 12.0 Å². The zero-order chi connectivity index (χ0) is 15.1. The predicted octanol–water partition coefficient (Wildman–Crippen LogP) is 2.16. The summed E-state index contributed by atoms with van der Waals surface area (Å²) in [7, 11) is 0. The Morgan fingerprint density at radius 2 is 2.05 bits per heavy atom. The maximum atomic E-state index is 11.9. The van der Waals surface area contributed by atoms with Crippen LogP contribution in [-0.2, 0) is 11.3 Å². The first-order valence-corrected chi connectivity index (χ1v) is 7.22. The van der Waals surface area contributed by atoms with Crippen LogP contribution in [0.25, 0.3) is 0 Å². The van der Waals surface area contributed by atoms with E-state index in [0.29, 0.717) is 6.54 Å². The van der Waals surface area contributed by atoms with E-state index >= 15 is 0 Å². The standard InChI is InChI=1S/C14H15N3O3S/c18-13(19)8-11(10-4-2-1-3-5-10)17-14(20)16-9-12-15-6-7-21-12/h1-7,11H,8-9H2,(H,18,19)(H2,16,17,20). The lowest BCUT2D eigenvalue weighted by molar-refractivity contribution is -0.137. The SMILES string of the molecule is O=C(O)CC(NC(=O)NCc1nccs1)c1ccccc1. The molecule has 1 heterocycles. The van der Waals surface area contributed by atoms with E-state index in [-0.39, 0.29) is 6.42 Å². The van der Waals surface area contributed by atoms with E-state index in [1.165, 1.54) is 11.3 Å². The third-order valence-corrected chi connectivity index (χ3v) is 3.55. The Hall–Kier alpha value is -2.41. The van der Waals surface area contributed by atoms with Crippen molar-refractivity contribution in [1.29, 1.82) is 0 Å². The highest BCUT2D eigenvalue weighted by Gasteiger charge is 2.17. The van der Waals surface area contributed by atoms with Crippen molar-refractivity contribution in [2.75, 3.05) is 0 Å². The molecule has 2 aromatic rings. The van der Waals surface area contributed by atoms with Crippen LogP contribution in [0.4, 0.5) is 4.79 Å². The Kier molecular flexibility index (Phi) is 5.28. The van der Waals surface area contributed by atoms with Gasteiger partial charge in [-0.25, -0.2) is 9.78 Å². The second-order valence-electron chi connectivity index (χ2n) is 4.31. The summed E-state index contributed by atoms with van der Waals surface area (Å²) in [6.07, 6.45) is 1.49. The fraction of sp³-hybridized carbons (Fsp3) is 0.214. The summed E-state index contributed by atoms with van der Waals surface area (Å²) in [4.78, 5) is 26.9. The topological polar surface area (TPSA) is 91.3 Å². The molecule has 0 fully saturated rings. The number of nitrogens with zero attached hydrogens (tertiary/aromatic N) is 1. The van der Waals surface area contributed by atoms with Crippen molar-refractivity contribution in [3.05, 3.63) is 52.5 Å². The molecule has 0 saturated carbocycles. The molecule has 1 aromatic heterocycles. The number of thiazole rings is 1. The van der Waals surface area contributed by atoms with Gasteiger partial charge in [-0.2, -0.15) is 0 Å². The molecule has 2 rings (SSSR count). The number of aromatic nitrogens is 1. The highest BCUT2D eigenvalue weighted by Crippen LogP contribution is 2.16. The first kappa shape index (κ1) is 15.0. The quantitative estimate of drug-likeness (QED) is 0.762. The third kappa shape index (κ3) is 4.88. The molecule has 6 nitrogen and oxygen atoms in total. The molecule has 1 unspecified atom stereocenters. The number of nitrogens with one attached hydrogen (secondary N) is 2. The van der Waals surface area contributed by atoms with Gasteiger partial charge in [-0.3, -0.25) is 4.79 Å². The van der Waals surface area contributed by atoms with Crippen LogP contribution in [0.1, 0.15) is 23.0 Å². The number of hydrogen-bond acceptors (Lipinski definition) is 4. The summed E-state index contributed by atoms with van der Waals surface area (Å²) in [6.45, 7) is 0.318. The summed E-state index contributed by atoms with van der Waals surface area (Å²) in [5, 5.41) is 16.9. The van der Waals surface area contributed by atoms with Gasteiger partial charge in [-0.15, -0.1) is 11.3 Å². The monoisotopic (exact) mass is 305 g/mol. The van der Waals surface area contributed by atoms with Crippen LogP contribution >= 0.6 is 11.3 Å². The molecule has 0 saturated heterocycles. The molecule has 21 heavy (non-hydrogen) atoms. The predicted molar refractivity (Wildman–Crippen MR) is 78.9 cm³/mol. The van der Waals surface area contributed by atoms with Crippen molar-refractivity contribution >= 4 is 23.3 Å². The van der Waals surface area contributed by atoms with Crippen molar-refractivity contribution in [3.8, 4) is 0 Å². The van der Waals surface area contributed by atoms with Gasteiger partial charge in [0, 0.05) is 11.6 Å². The molecule has 0 radical (unpaired) electrons. The van der Waals surface area contributed by atoms with Crippen molar-refractivity contribution in [1.82, 2.24) is 15.6 Å². The molecule has 1 atom stereocenters. The van der Waals surface area contributed by atoms with E-state index in [1.54, 1.807) is 30.5 Å². The summed E-state index contributed by atoms with van der Waals surface area (Å²) >= 11 is 1.44. The van der Waals surface area contributed by atoms with Gasteiger partial charge in [0.2, 0.25) is 0 Å². The minimum absolute atomic E-state index is 0.172. The van der Waals surface area contributed by atoms with Crippen LogP contribution in [0, 0.1) is 0 Å². The lowest BCUT2D eigenvalue weighted by Gasteiger charge is -2.17. The second kappa shape index (κ2) is 7.39. The number of benzene rings is 1. The van der Waals surface area contributed by atoms with Crippen LogP contribution in [-0.4, -0.2) is 22.1 Å². The number of carbonyl (C=O) groups is 2. The Morgan fingerprint density at radius 3 is 2.67 bits per heavy atom. The van der Waals surface area contributed by atoms with E-state index in [0.717, 1.165) is 10.6 Å². The number of carbonyl (C=O) groups excluding carboxylic acids is 1. The fourth-order valence-corrected chi connectivity index (χ4v) is 2.37. The summed E-state index contributed by atoms with van der Waals surface area (Å²) in [6, 6.07) is 8.03. The summed E-state index contributed by atoms with van der Waals surface area (Å²) in [5.74, 6) is -0.968. The molecule has 0 aliphatic heterocycles. The van der Waals surface area contributed by atoms with Gasteiger partial charge in [-0.05, 0) is 5.56 Å². The van der Waals surface area contributed by atoms with Crippen LogP contribution in [0.2, 0.25) is 0 Å². The number of carboxylic acid groups (broad SMARTS) is 1. The van der Waals surface area contributed by atoms with Crippen molar-refractivity contribution in [3.63, 3.8) is 0 Å². The normalized spacial score (nSPS) is 11.6. The van der Waals surface area contributed by atoms with Crippen molar-refractivity contribution < 1.29 is 14.7 Å². The van der Waals surface area contributed by atoms with Gasteiger partial charge in [0.15, 0.2) is 0 Å². The number of aliphatic carboxylic acids is 1. The van der Waals surface area contributed by atoms with Gasteiger partial charge in [0.25, 0.3) is 0 Å². The Balaban J connectivity index is 1.94. The zero-order valence-electron chi connectivity index (χ0n) is 11.2. The van der Waals surface area contributed by atoms with Gasteiger partial charge < -0.3 is 15.7 Å². The van der Waals surface area contributed by atoms with Crippen molar-refractivity contribution in [2.45, 2.75) is 19.0 Å². The number of rotatable bonds is 6. The molecule has 1 aromatic carbocycles. The molecular weight excluding hydrogens is 290 g/mol.